The summed E-state index contributed by atoms with van der Waals surface area (Å²) >= 11 is 1.61. The molecule has 7 heteroatoms. The summed E-state index contributed by atoms with van der Waals surface area (Å²) in [6.07, 6.45) is 9.10. The molecule has 0 unspecified atom stereocenters. The summed E-state index contributed by atoms with van der Waals surface area (Å²) in [5.41, 5.74) is 5.01. The number of aromatic nitrogens is 6. The van der Waals surface area contributed by atoms with E-state index in [1.54, 1.807) is 23.9 Å². The van der Waals surface area contributed by atoms with Gasteiger partial charge in [0.1, 0.15) is 6.33 Å². The average molecular weight is 398 g/mol. The number of benzene rings is 1. The molecular weight excluding hydrogens is 380 g/mol. The van der Waals surface area contributed by atoms with Crippen molar-refractivity contribution in [1.82, 2.24) is 29.1 Å². The summed E-state index contributed by atoms with van der Waals surface area (Å²) in [4.78, 5) is 17.8. The van der Waals surface area contributed by atoms with Crippen LogP contribution in [-0.2, 0) is 0 Å². The molecule has 6 nitrogen and oxygen atoms in total. The van der Waals surface area contributed by atoms with Gasteiger partial charge in [-0.2, -0.15) is 0 Å². The first-order chi connectivity index (χ1) is 14.3. The first-order valence-electron chi connectivity index (χ1n) is 9.28. The minimum Gasteiger partial charge on any atom is -0.320 e. The second kappa shape index (κ2) is 7.44. The summed E-state index contributed by atoms with van der Waals surface area (Å²) < 4.78 is 4.28. The lowest BCUT2D eigenvalue weighted by atomic mass is 10.1. The van der Waals surface area contributed by atoms with Crippen molar-refractivity contribution in [2.45, 2.75) is 13.0 Å². The summed E-state index contributed by atoms with van der Waals surface area (Å²) in [5.74, 6) is 0. The van der Waals surface area contributed by atoms with Crippen LogP contribution in [0.5, 0.6) is 0 Å². The van der Waals surface area contributed by atoms with Crippen molar-refractivity contribution in [2.24, 2.45) is 0 Å². The lowest BCUT2D eigenvalue weighted by Crippen LogP contribution is -2.10. The second-order valence-electron chi connectivity index (χ2n) is 6.60. The van der Waals surface area contributed by atoms with Gasteiger partial charge < -0.3 is 4.57 Å². The molecule has 0 bridgehead atoms. The summed E-state index contributed by atoms with van der Waals surface area (Å²) in [7, 11) is 0. The Morgan fingerprint density at radius 2 is 1.83 bits per heavy atom. The molecule has 0 radical (unpaired) electrons. The fourth-order valence-electron chi connectivity index (χ4n) is 3.48. The third kappa shape index (κ3) is 3.15. The molecule has 29 heavy (non-hydrogen) atoms. The highest BCUT2D eigenvalue weighted by molar-refractivity contribution is 7.12. The molecule has 1 aromatic carbocycles. The Morgan fingerprint density at radius 1 is 0.931 bits per heavy atom. The van der Waals surface area contributed by atoms with Crippen LogP contribution in [0.1, 0.15) is 18.7 Å². The highest BCUT2D eigenvalue weighted by Crippen LogP contribution is 2.36. The fraction of sp³-hybridized carbons (Fsp3) is 0.0909. The van der Waals surface area contributed by atoms with Crippen LogP contribution in [0.3, 0.4) is 0 Å². The quantitative estimate of drug-likeness (QED) is 0.424. The van der Waals surface area contributed by atoms with Crippen LogP contribution in [0.25, 0.3) is 27.8 Å². The van der Waals surface area contributed by atoms with Gasteiger partial charge in [0.05, 0.1) is 35.1 Å². The highest BCUT2D eigenvalue weighted by atomic mass is 32.1. The molecule has 1 atom stereocenters. The van der Waals surface area contributed by atoms with Crippen LogP contribution in [0.4, 0.5) is 0 Å². The molecule has 5 rings (SSSR count). The third-order valence-corrected chi connectivity index (χ3v) is 5.68. The van der Waals surface area contributed by atoms with E-state index in [-0.39, 0.29) is 6.04 Å². The SMILES string of the molecule is C[C@@H](c1ccncn1)n1cnc(-c2ccccc2)c1-c1cccn1-c1nccs1. The monoisotopic (exact) mass is 398 g/mol. The van der Waals surface area contributed by atoms with E-state index >= 15 is 0 Å². The van der Waals surface area contributed by atoms with Gasteiger partial charge in [-0.3, -0.25) is 4.57 Å². The molecule has 0 N–H and O–H groups in total. The second-order valence-corrected chi connectivity index (χ2v) is 7.48. The maximum atomic E-state index is 4.80. The van der Waals surface area contributed by atoms with Crippen LogP contribution in [0.2, 0.25) is 0 Å². The Morgan fingerprint density at radius 3 is 2.59 bits per heavy atom. The van der Waals surface area contributed by atoms with Crippen molar-refractivity contribution in [2.75, 3.05) is 0 Å². The Hall–Kier alpha value is -3.58. The number of thiazole rings is 1. The van der Waals surface area contributed by atoms with E-state index in [2.05, 4.69) is 49.2 Å². The van der Waals surface area contributed by atoms with E-state index in [1.165, 1.54) is 0 Å². The molecule has 0 aliphatic rings. The van der Waals surface area contributed by atoms with Gasteiger partial charge >= 0.3 is 0 Å². The zero-order valence-electron chi connectivity index (χ0n) is 15.8. The van der Waals surface area contributed by atoms with Gasteiger partial charge in [-0.25, -0.2) is 19.9 Å². The van der Waals surface area contributed by atoms with Gasteiger partial charge in [0.2, 0.25) is 0 Å². The first-order valence-corrected chi connectivity index (χ1v) is 10.2. The van der Waals surface area contributed by atoms with Crippen molar-refractivity contribution >= 4 is 11.3 Å². The smallest absolute Gasteiger partial charge is 0.194 e. The maximum Gasteiger partial charge on any atom is 0.194 e. The Kier molecular flexibility index (Phi) is 4.50. The average Bonchev–Trinajstić information content (AvgIpc) is 3.54. The van der Waals surface area contributed by atoms with Crippen LogP contribution in [-0.4, -0.2) is 29.1 Å². The van der Waals surface area contributed by atoms with Crippen LogP contribution >= 0.6 is 11.3 Å². The molecule has 4 aromatic heterocycles. The molecule has 0 saturated heterocycles. The van der Waals surface area contributed by atoms with E-state index in [0.29, 0.717) is 0 Å². The number of hydrogen-bond acceptors (Lipinski definition) is 5. The number of nitrogens with zero attached hydrogens (tertiary/aromatic N) is 6. The summed E-state index contributed by atoms with van der Waals surface area (Å²) in [6.45, 7) is 2.12. The van der Waals surface area contributed by atoms with Crippen molar-refractivity contribution in [3.05, 3.63) is 90.9 Å². The van der Waals surface area contributed by atoms with Crippen molar-refractivity contribution in [3.63, 3.8) is 0 Å². The molecule has 0 spiro atoms. The van der Waals surface area contributed by atoms with E-state index in [9.17, 15) is 0 Å². The van der Waals surface area contributed by atoms with Gasteiger partial charge in [-0.1, -0.05) is 30.3 Å². The van der Waals surface area contributed by atoms with E-state index < -0.39 is 0 Å². The lowest BCUT2D eigenvalue weighted by Gasteiger charge is -2.18. The predicted octanol–water partition coefficient (Wildman–Crippen LogP) is 4.86. The van der Waals surface area contributed by atoms with Crippen LogP contribution in [0, 0.1) is 0 Å². The fourth-order valence-corrected chi connectivity index (χ4v) is 4.12. The molecule has 0 fully saturated rings. The minimum atomic E-state index is -0.00222. The van der Waals surface area contributed by atoms with Gasteiger partial charge in [-0.05, 0) is 25.1 Å². The largest absolute Gasteiger partial charge is 0.320 e. The number of rotatable bonds is 5. The lowest BCUT2D eigenvalue weighted by molar-refractivity contribution is 0.622. The first kappa shape index (κ1) is 17.5. The van der Waals surface area contributed by atoms with Gasteiger partial charge in [0, 0.05) is 29.5 Å². The summed E-state index contributed by atoms with van der Waals surface area (Å²) in [6, 6.07) is 16.3. The van der Waals surface area contributed by atoms with Crippen molar-refractivity contribution in [3.8, 4) is 27.8 Å². The molecule has 142 valence electrons. The van der Waals surface area contributed by atoms with E-state index in [4.69, 9.17) is 4.98 Å². The number of imidazole rings is 1. The van der Waals surface area contributed by atoms with Crippen molar-refractivity contribution < 1.29 is 0 Å². The van der Waals surface area contributed by atoms with E-state index in [1.807, 2.05) is 54.4 Å². The van der Waals surface area contributed by atoms with Crippen LogP contribution in [0.15, 0.2) is 85.2 Å². The van der Waals surface area contributed by atoms with Crippen molar-refractivity contribution in [1.29, 1.82) is 0 Å². The molecular formula is C22H18N6S. The zero-order chi connectivity index (χ0) is 19.6. The highest BCUT2D eigenvalue weighted by Gasteiger charge is 2.22. The molecule has 0 aliphatic heterocycles. The Labute approximate surface area is 172 Å². The van der Waals surface area contributed by atoms with Gasteiger partial charge in [-0.15, -0.1) is 11.3 Å². The molecule has 0 aliphatic carbocycles. The molecule has 4 heterocycles. The Balaban J connectivity index is 1.73. The molecule has 0 saturated carbocycles. The Bertz CT molecular complexity index is 1210. The third-order valence-electron chi connectivity index (χ3n) is 4.91. The minimum absolute atomic E-state index is 0.00222. The van der Waals surface area contributed by atoms with Gasteiger partial charge in [0.15, 0.2) is 5.13 Å². The maximum absolute atomic E-state index is 4.80. The zero-order valence-corrected chi connectivity index (χ0v) is 16.6. The normalized spacial score (nSPS) is 12.2. The standard InChI is InChI=1S/C22H18N6S/c1-16(18-9-10-23-14-25-18)28-15-26-20(17-6-3-2-4-7-17)21(28)19-8-5-12-27(19)22-24-11-13-29-22/h2-16H,1H3/t16-/m0/s1. The van der Waals surface area contributed by atoms with E-state index in [0.717, 1.165) is 33.5 Å². The number of hydrogen-bond donors (Lipinski definition) is 0. The molecule has 0 amide bonds. The molecule has 5 aromatic rings. The van der Waals surface area contributed by atoms with Crippen LogP contribution < -0.4 is 0 Å². The van der Waals surface area contributed by atoms with Gasteiger partial charge in [0.25, 0.3) is 0 Å². The summed E-state index contributed by atoms with van der Waals surface area (Å²) in [5, 5.41) is 2.91. The topological polar surface area (TPSA) is 61.4 Å². The predicted molar refractivity (Wildman–Crippen MR) is 114 cm³/mol.